The summed E-state index contributed by atoms with van der Waals surface area (Å²) >= 11 is 5.55. The molecule has 2 rings (SSSR count). The molecule has 8 heteroatoms. The molecule has 0 fully saturated rings. The summed E-state index contributed by atoms with van der Waals surface area (Å²) in [4.78, 5) is 33.4. The zero-order valence-electron chi connectivity index (χ0n) is 8.95. The fraction of sp³-hybridized carbons (Fsp3) is 0.200. The van der Waals surface area contributed by atoms with E-state index in [1.165, 1.54) is 12.1 Å². The normalized spacial score (nSPS) is 16.8. The van der Waals surface area contributed by atoms with Crippen LogP contribution in [-0.4, -0.2) is 33.7 Å². The number of rotatable bonds is 4. The molecule has 1 N–H and O–H groups in total. The lowest BCUT2D eigenvalue weighted by Crippen LogP contribution is -2.41. The van der Waals surface area contributed by atoms with E-state index in [9.17, 15) is 14.2 Å². The molecule has 6 nitrogen and oxygen atoms in total. The van der Waals surface area contributed by atoms with Gasteiger partial charge in [0.05, 0.1) is 17.0 Å². The first-order chi connectivity index (χ1) is 8.56. The molecule has 0 aromatic heterocycles. The number of fused-ring (bicyclic) bond motifs is 1. The van der Waals surface area contributed by atoms with Crippen molar-refractivity contribution in [3.8, 4) is 0 Å². The van der Waals surface area contributed by atoms with Crippen LogP contribution >= 0.6 is 19.9 Å². The quantitative estimate of drug-likeness (QED) is 0.516. The van der Waals surface area contributed by atoms with Gasteiger partial charge in [-0.1, -0.05) is 12.1 Å². The van der Waals surface area contributed by atoms with Crippen molar-refractivity contribution in [2.45, 2.75) is 6.23 Å². The summed E-state index contributed by atoms with van der Waals surface area (Å²) in [6.07, 6.45) is -1.26. The van der Waals surface area contributed by atoms with Crippen molar-refractivity contribution in [3.05, 3.63) is 35.4 Å². The molecule has 1 unspecified atom stereocenters. The first-order valence-corrected chi connectivity index (χ1v) is 6.58. The van der Waals surface area contributed by atoms with Gasteiger partial charge in [-0.15, -0.1) is 11.6 Å². The second kappa shape index (κ2) is 5.12. The molecule has 1 aliphatic heterocycles. The van der Waals surface area contributed by atoms with Gasteiger partial charge in [-0.05, 0) is 12.1 Å². The van der Waals surface area contributed by atoms with E-state index in [0.717, 1.165) is 4.90 Å². The van der Waals surface area contributed by atoms with E-state index in [2.05, 4.69) is 4.52 Å². The van der Waals surface area contributed by atoms with Crippen LogP contribution in [0.4, 0.5) is 0 Å². The Labute approximate surface area is 108 Å². The summed E-state index contributed by atoms with van der Waals surface area (Å²) in [5.41, 5.74) is 0.462. The highest BCUT2D eigenvalue weighted by atomic mass is 35.5. The fourth-order valence-electron chi connectivity index (χ4n) is 1.72. The minimum atomic E-state index is -2.96. The molecular weight excluding hydrogens is 281 g/mol. The molecule has 0 spiro atoms. The van der Waals surface area contributed by atoms with Gasteiger partial charge >= 0.3 is 8.25 Å². The largest absolute Gasteiger partial charge is 0.368 e. The minimum absolute atomic E-state index is 0.231. The van der Waals surface area contributed by atoms with Gasteiger partial charge in [-0.3, -0.25) is 19.0 Å². The molecule has 1 heterocycles. The van der Waals surface area contributed by atoms with E-state index >= 15 is 0 Å². The van der Waals surface area contributed by atoms with E-state index in [4.69, 9.17) is 16.5 Å². The first kappa shape index (κ1) is 13.1. The first-order valence-electron chi connectivity index (χ1n) is 4.92. The second-order valence-corrected chi connectivity index (χ2v) is 4.47. The van der Waals surface area contributed by atoms with Crippen LogP contribution in [0.5, 0.6) is 0 Å². The highest BCUT2D eigenvalue weighted by Gasteiger charge is 2.40. The van der Waals surface area contributed by atoms with Crippen molar-refractivity contribution in [1.82, 2.24) is 4.90 Å². The Morgan fingerprint density at radius 2 is 1.78 bits per heavy atom. The third-order valence-electron chi connectivity index (χ3n) is 2.46. The number of benzene rings is 1. The lowest BCUT2D eigenvalue weighted by Gasteiger charge is -2.21. The maximum absolute atomic E-state index is 12.0. The van der Waals surface area contributed by atoms with E-state index in [0.29, 0.717) is 0 Å². The van der Waals surface area contributed by atoms with Gasteiger partial charge in [0, 0.05) is 0 Å². The Hall–Kier alpha value is -1.33. The predicted molar refractivity (Wildman–Crippen MR) is 62.4 cm³/mol. The number of hydrogen-bond acceptors (Lipinski definition) is 4. The Bertz CT molecular complexity index is 500. The van der Waals surface area contributed by atoms with Crippen molar-refractivity contribution < 1.29 is 23.6 Å². The van der Waals surface area contributed by atoms with Crippen molar-refractivity contribution in [1.29, 1.82) is 0 Å². The van der Waals surface area contributed by atoms with Gasteiger partial charge < -0.3 is 0 Å². The zero-order valence-corrected chi connectivity index (χ0v) is 10.6. The third-order valence-corrected chi connectivity index (χ3v) is 3.15. The summed E-state index contributed by atoms with van der Waals surface area (Å²) in [6, 6.07) is 6.24. The number of alkyl halides is 1. The lowest BCUT2D eigenvalue weighted by molar-refractivity contribution is 0.0303. The average molecular weight is 289 g/mol. The molecule has 2 amide bonds. The molecule has 2 atom stereocenters. The van der Waals surface area contributed by atoms with Crippen LogP contribution in [-0.2, 0) is 9.09 Å². The number of carbonyl (C=O) groups excluding carboxylic acids is 2. The average Bonchev–Trinajstić information content (AvgIpc) is 2.60. The van der Waals surface area contributed by atoms with E-state index in [1.54, 1.807) is 12.1 Å². The maximum Gasteiger partial charge on any atom is 0.368 e. The van der Waals surface area contributed by atoms with Gasteiger partial charge in [-0.2, -0.15) is 0 Å². The van der Waals surface area contributed by atoms with Crippen LogP contribution in [0, 0.1) is 0 Å². The molecule has 95 valence electrons. The van der Waals surface area contributed by atoms with Crippen molar-refractivity contribution in [3.63, 3.8) is 0 Å². The highest BCUT2D eigenvalue weighted by molar-refractivity contribution is 7.32. The molecule has 1 aromatic carbocycles. The number of hydrogen-bond donors (Lipinski definition) is 1. The van der Waals surface area contributed by atoms with Crippen molar-refractivity contribution in [2.75, 3.05) is 5.88 Å². The van der Waals surface area contributed by atoms with Crippen molar-refractivity contribution in [2.24, 2.45) is 0 Å². The third kappa shape index (κ3) is 2.15. The number of halogens is 1. The number of amides is 2. The second-order valence-electron chi connectivity index (χ2n) is 3.48. The van der Waals surface area contributed by atoms with Gasteiger partial charge in [0.15, 0.2) is 6.23 Å². The number of carbonyl (C=O) groups is 2. The summed E-state index contributed by atoms with van der Waals surface area (Å²) < 4.78 is 15.2. The van der Waals surface area contributed by atoms with Crippen LogP contribution in [0.3, 0.4) is 0 Å². The molecule has 1 radical (unpaired) electrons. The van der Waals surface area contributed by atoms with E-state index in [-0.39, 0.29) is 17.0 Å². The smallest absolute Gasteiger partial charge is 0.298 e. The van der Waals surface area contributed by atoms with Crippen LogP contribution in [0.25, 0.3) is 0 Å². The minimum Gasteiger partial charge on any atom is -0.298 e. The monoisotopic (exact) mass is 288 g/mol. The van der Waals surface area contributed by atoms with Crippen LogP contribution in [0.15, 0.2) is 24.3 Å². The Kier molecular flexibility index (Phi) is 3.73. The SMILES string of the molecule is O=C1c2ccccc2C(=O)N1[C@H](CCl)O[P](=O)O. The Morgan fingerprint density at radius 3 is 2.17 bits per heavy atom. The molecule has 0 bridgehead atoms. The molecule has 0 saturated heterocycles. The molecule has 1 aromatic rings. The highest BCUT2D eigenvalue weighted by Crippen LogP contribution is 2.29. The summed E-state index contributed by atoms with van der Waals surface area (Å²) in [5.74, 6) is -1.45. The summed E-state index contributed by atoms with van der Waals surface area (Å²) in [6.45, 7) is 0. The van der Waals surface area contributed by atoms with Crippen molar-refractivity contribution >= 4 is 31.7 Å². The fourth-order valence-corrected chi connectivity index (χ4v) is 2.38. The van der Waals surface area contributed by atoms with Crippen LogP contribution in [0.2, 0.25) is 0 Å². The van der Waals surface area contributed by atoms with E-state index in [1.807, 2.05) is 0 Å². The van der Waals surface area contributed by atoms with Gasteiger partial charge in [0.1, 0.15) is 0 Å². The molecular formula is C10H8ClNO5P. The molecule has 0 saturated carbocycles. The molecule has 0 aliphatic carbocycles. The number of imide groups is 1. The van der Waals surface area contributed by atoms with Gasteiger partial charge in [0.25, 0.3) is 11.8 Å². The lowest BCUT2D eigenvalue weighted by atomic mass is 10.1. The molecule has 18 heavy (non-hydrogen) atoms. The Morgan fingerprint density at radius 1 is 1.28 bits per heavy atom. The Balaban J connectivity index is 2.35. The molecule has 1 aliphatic rings. The van der Waals surface area contributed by atoms with Gasteiger partial charge in [-0.25, -0.2) is 9.46 Å². The summed E-state index contributed by atoms with van der Waals surface area (Å²) in [5, 5.41) is 0. The summed E-state index contributed by atoms with van der Waals surface area (Å²) in [7, 11) is -2.96. The topological polar surface area (TPSA) is 83.9 Å². The maximum atomic E-state index is 12.0. The van der Waals surface area contributed by atoms with E-state index < -0.39 is 26.3 Å². The predicted octanol–water partition coefficient (Wildman–Crippen LogP) is 1.51. The van der Waals surface area contributed by atoms with Gasteiger partial charge in [0.2, 0.25) is 0 Å². The number of nitrogens with zero attached hydrogens (tertiary/aromatic N) is 1. The standard InChI is InChI=1S/C10H8ClNO5P/c11-5-8(17-18(15)16)12-9(13)6-3-1-2-4-7(6)10(12)14/h1-4,8H,5H2,(H,15,16)/t8-/m0/s1. The van der Waals surface area contributed by atoms with Crippen LogP contribution < -0.4 is 0 Å². The zero-order chi connectivity index (χ0) is 13.3. The van der Waals surface area contributed by atoms with Crippen LogP contribution in [0.1, 0.15) is 20.7 Å².